The van der Waals surface area contributed by atoms with Crippen LogP contribution in [0.4, 0.5) is 4.39 Å². The van der Waals surface area contributed by atoms with Crippen molar-refractivity contribution in [2.45, 2.75) is 25.7 Å². The molecule has 0 unspecified atom stereocenters. The molecule has 0 saturated carbocycles. The van der Waals surface area contributed by atoms with E-state index in [1.807, 2.05) is 0 Å². The number of nitrogens with one attached hydrogen (secondary N) is 1. The van der Waals surface area contributed by atoms with Crippen LogP contribution in [0.15, 0.2) is 18.2 Å². The lowest BCUT2D eigenvalue weighted by atomic mass is 9.91. The average Bonchev–Trinajstić information content (AvgIpc) is 2.38. The lowest BCUT2D eigenvalue weighted by Crippen LogP contribution is -2.27. The topological polar surface area (TPSA) is 21.3 Å². The van der Waals surface area contributed by atoms with E-state index in [9.17, 15) is 4.39 Å². The molecule has 0 bridgehead atoms. The number of rotatable bonds is 4. The summed E-state index contributed by atoms with van der Waals surface area (Å²) in [6.45, 7) is 2.23. The van der Waals surface area contributed by atoms with Crippen molar-refractivity contribution in [1.29, 1.82) is 0 Å². The molecule has 0 atom stereocenters. The summed E-state index contributed by atoms with van der Waals surface area (Å²) in [6, 6.07) is 4.76. The van der Waals surface area contributed by atoms with Crippen molar-refractivity contribution in [3.63, 3.8) is 0 Å². The van der Waals surface area contributed by atoms with Crippen LogP contribution in [0.2, 0.25) is 0 Å². The van der Waals surface area contributed by atoms with Crippen molar-refractivity contribution >= 4 is 0 Å². The predicted molar refractivity (Wildman–Crippen MR) is 66.9 cm³/mol. The van der Waals surface area contributed by atoms with E-state index in [2.05, 4.69) is 5.32 Å². The standard InChI is InChI=1S/C14H20FNO/c1-17-14-5-4-13(15)10-12(14)3-2-11-6-8-16-9-7-11/h4-5,10-11,16H,2-3,6-9H2,1H3. The SMILES string of the molecule is COc1ccc(F)cc1CCC1CCNCC1. The van der Waals surface area contributed by atoms with Gasteiger partial charge in [0.25, 0.3) is 0 Å². The van der Waals surface area contributed by atoms with E-state index in [0.29, 0.717) is 0 Å². The summed E-state index contributed by atoms with van der Waals surface area (Å²) >= 11 is 0. The first-order valence-electron chi connectivity index (χ1n) is 6.32. The van der Waals surface area contributed by atoms with Gasteiger partial charge in [0.1, 0.15) is 11.6 Å². The van der Waals surface area contributed by atoms with Crippen LogP contribution in [-0.4, -0.2) is 20.2 Å². The fourth-order valence-corrected chi connectivity index (χ4v) is 2.47. The van der Waals surface area contributed by atoms with Crippen LogP contribution in [0, 0.1) is 11.7 Å². The van der Waals surface area contributed by atoms with Crippen LogP contribution in [0.25, 0.3) is 0 Å². The highest BCUT2D eigenvalue weighted by Crippen LogP contribution is 2.24. The number of hydrogen-bond acceptors (Lipinski definition) is 2. The highest BCUT2D eigenvalue weighted by atomic mass is 19.1. The minimum absolute atomic E-state index is 0.175. The molecule has 1 aromatic carbocycles. The van der Waals surface area contributed by atoms with Crippen LogP contribution in [-0.2, 0) is 6.42 Å². The van der Waals surface area contributed by atoms with Gasteiger partial charge >= 0.3 is 0 Å². The molecule has 2 nitrogen and oxygen atoms in total. The third-order valence-corrected chi connectivity index (χ3v) is 3.52. The largest absolute Gasteiger partial charge is 0.496 e. The van der Waals surface area contributed by atoms with Crippen LogP contribution >= 0.6 is 0 Å². The van der Waals surface area contributed by atoms with Gasteiger partial charge in [-0.2, -0.15) is 0 Å². The summed E-state index contributed by atoms with van der Waals surface area (Å²) < 4.78 is 18.4. The molecule has 1 fully saturated rings. The van der Waals surface area contributed by atoms with Crippen molar-refractivity contribution in [3.05, 3.63) is 29.6 Å². The molecule has 94 valence electrons. The fraction of sp³-hybridized carbons (Fsp3) is 0.571. The molecule has 1 saturated heterocycles. The maximum absolute atomic E-state index is 13.2. The van der Waals surface area contributed by atoms with Gasteiger partial charge in [-0.15, -0.1) is 0 Å². The van der Waals surface area contributed by atoms with E-state index in [0.717, 1.165) is 43.2 Å². The second-order valence-electron chi connectivity index (χ2n) is 4.69. The van der Waals surface area contributed by atoms with E-state index >= 15 is 0 Å². The Labute approximate surface area is 102 Å². The number of halogens is 1. The van der Waals surface area contributed by atoms with E-state index in [1.54, 1.807) is 19.2 Å². The summed E-state index contributed by atoms with van der Waals surface area (Å²) in [7, 11) is 1.64. The van der Waals surface area contributed by atoms with Gasteiger partial charge in [-0.3, -0.25) is 0 Å². The Bertz CT molecular complexity index is 361. The summed E-state index contributed by atoms with van der Waals surface area (Å²) in [5.41, 5.74) is 0.992. The first-order valence-corrected chi connectivity index (χ1v) is 6.32. The Hall–Kier alpha value is -1.09. The normalized spacial score (nSPS) is 17.1. The Kier molecular flexibility index (Phi) is 4.37. The van der Waals surface area contributed by atoms with Crippen LogP contribution in [0.3, 0.4) is 0 Å². The number of piperidine rings is 1. The van der Waals surface area contributed by atoms with Crippen LogP contribution < -0.4 is 10.1 Å². The Morgan fingerprint density at radius 2 is 2.12 bits per heavy atom. The fourth-order valence-electron chi connectivity index (χ4n) is 2.47. The van der Waals surface area contributed by atoms with E-state index in [1.165, 1.54) is 18.9 Å². The van der Waals surface area contributed by atoms with Crippen LogP contribution in [0.5, 0.6) is 5.75 Å². The zero-order valence-corrected chi connectivity index (χ0v) is 10.3. The lowest BCUT2D eigenvalue weighted by molar-refractivity contribution is 0.350. The third-order valence-electron chi connectivity index (χ3n) is 3.52. The number of methoxy groups -OCH3 is 1. The molecule has 1 N–H and O–H groups in total. The molecule has 17 heavy (non-hydrogen) atoms. The van der Waals surface area contributed by atoms with Gasteiger partial charge in [-0.25, -0.2) is 4.39 Å². The van der Waals surface area contributed by atoms with Gasteiger partial charge in [-0.1, -0.05) is 0 Å². The van der Waals surface area contributed by atoms with Gasteiger partial charge in [-0.05, 0) is 68.5 Å². The first kappa shape index (κ1) is 12.4. The van der Waals surface area contributed by atoms with Gasteiger partial charge < -0.3 is 10.1 Å². The minimum Gasteiger partial charge on any atom is -0.496 e. The second kappa shape index (κ2) is 6.01. The van der Waals surface area contributed by atoms with Gasteiger partial charge in [0.15, 0.2) is 0 Å². The van der Waals surface area contributed by atoms with Gasteiger partial charge in [0, 0.05) is 0 Å². The molecule has 3 heteroatoms. The van der Waals surface area contributed by atoms with E-state index < -0.39 is 0 Å². The summed E-state index contributed by atoms with van der Waals surface area (Å²) in [4.78, 5) is 0. The van der Waals surface area contributed by atoms with Crippen LogP contribution in [0.1, 0.15) is 24.8 Å². The molecular formula is C14H20FNO. The van der Waals surface area contributed by atoms with Crippen molar-refractivity contribution in [1.82, 2.24) is 5.32 Å². The smallest absolute Gasteiger partial charge is 0.123 e. The average molecular weight is 237 g/mol. The van der Waals surface area contributed by atoms with Crippen molar-refractivity contribution < 1.29 is 9.13 Å². The molecule has 2 rings (SSSR count). The first-order chi connectivity index (χ1) is 8.29. The molecule has 0 aromatic heterocycles. The number of benzene rings is 1. The maximum Gasteiger partial charge on any atom is 0.123 e. The number of hydrogen-bond donors (Lipinski definition) is 1. The summed E-state index contributed by atoms with van der Waals surface area (Å²) in [5.74, 6) is 1.40. The molecule has 0 aliphatic carbocycles. The molecule has 0 radical (unpaired) electrons. The molecule has 0 spiro atoms. The monoisotopic (exact) mass is 237 g/mol. The van der Waals surface area contributed by atoms with Gasteiger partial charge in [0.05, 0.1) is 7.11 Å². The third kappa shape index (κ3) is 3.43. The van der Waals surface area contributed by atoms with E-state index in [4.69, 9.17) is 4.74 Å². The number of ether oxygens (including phenoxy) is 1. The second-order valence-corrected chi connectivity index (χ2v) is 4.69. The highest BCUT2D eigenvalue weighted by Gasteiger charge is 2.14. The molecule has 1 aliphatic heterocycles. The zero-order chi connectivity index (χ0) is 12.1. The quantitative estimate of drug-likeness (QED) is 0.869. The molecule has 1 aromatic rings. The number of aryl methyl sites for hydroxylation is 1. The molecular weight excluding hydrogens is 217 g/mol. The summed E-state index contributed by atoms with van der Waals surface area (Å²) in [5, 5.41) is 3.36. The molecule has 0 amide bonds. The lowest BCUT2D eigenvalue weighted by Gasteiger charge is -2.22. The predicted octanol–water partition coefficient (Wildman–Crippen LogP) is 2.77. The Balaban J connectivity index is 1.95. The van der Waals surface area contributed by atoms with E-state index in [-0.39, 0.29) is 5.82 Å². The van der Waals surface area contributed by atoms with Gasteiger partial charge in [0.2, 0.25) is 0 Å². The Morgan fingerprint density at radius 3 is 2.82 bits per heavy atom. The maximum atomic E-state index is 13.2. The Morgan fingerprint density at radius 1 is 1.35 bits per heavy atom. The zero-order valence-electron chi connectivity index (χ0n) is 10.3. The summed E-state index contributed by atoms with van der Waals surface area (Å²) in [6.07, 6.45) is 4.50. The van der Waals surface area contributed by atoms with Crippen molar-refractivity contribution in [3.8, 4) is 5.75 Å². The molecule has 1 heterocycles. The highest BCUT2D eigenvalue weighted by molar-refractivity contribution is 5.34. The molecule has 1 aliphatic rings. The van der Waals surface area contributed by atoms with Crippen molar-refractivity contribution in [2.24, 2.45) is 5.92 Å². The minimum atomic E-state index is -0.175. The van der Waals surface area contributed by atoms with Crippen molar-refractivity contribution in [2.75, 3.05) is 20.2 Å².